The number of anilines is 2. The number of nitrogens with two attached hydrogens (primary N) is 1. The quantitative estimate of drug-likeness (QED) is 0.592. The van der Waals surface area contributed by atoms with E-state index in [9.17, 15) is 4.79 Å². The van der Waals surface area contributed by atoms with Gasteiger partial charge < -0.3 is 10.7 Å². The number of amides is 1. The largest absolute Gasteiger partial charge is 0.324 e. The summed E-state index contributed by atoms with van der Waals surface area (Å²) in [4.78, 5) is 12.3. The first-order chi connectivity index (χ1) is 9.51. The Morgan fingerprint density at radius 2 is 1.75 bits per heavy atom. The fourth-order valence-corrected chi connectivity index (χ4v) is 2.07. The van der Waals surface area contributed by atoms with Crippen molar-refractivity contribution in [3.8, 4) is 0 Å². The van der Waals surface area contributed by atoms with Crippen LogP contribution in [0.5, 0.6) is 0 Å². The van der Waals surface area contributed by atoms with Gasteiger partial charge in [0.2, 0.25) is 0 Å². The van der Waals surface area contributed by atoms with Crippen LogP contribution in [-0.2, 0) is 0 Å². The molecule has 4 nitrogen and oxygen atoms in total. The van der Waals surface area contributed by atoms with Crippen LogP contribution in [0.25, 0.3) is 0 Å². The Morgan fingerprint density at radius 1 is 1.00 bits per heavy atom. The Bertz CT molecular complexity index is 650. The van der Waals surface area contributed by atoms with Gasteiger partial charge in [0.05, 0.1) is 0 Å². The second-order valence-electron chi connectivity index (χ2n) is 4.95. The number of hydrogen-bond donors (Lipinski definition) is 3. The molecule has 0 aliphatic carbocycles. The molecular formula is C16H19N3O. The van der Waals surface area contributed by atoms with Crippen molar-refractivity contribution in [3.05, 3.63) is 58.7 Å². The lowest BCUT2D eigenvalue weighted by atomic mass is 10.1. The first kappa shape index (κ1) is 14.1. The van der Waals surface area contributed by atoms with Crippen LogP contribution in [0.3, 0.4) is 0 Å². The molecule has 4 heteroatoms. The summed E-state index contributed by atoms with van der Waals surface area (Å²) >= 11 is 0. The van der Waals surface area contributed by atoms with E-state index in [1.165, 1.54) is 0 Å². The molecule has 0 unspecified atom stereocenters. The maximum absolute atomic E-state index is 12.3. The van der Waals surface area contributed by atoms with Crippen LogP contribution in [0.4, 0.5) is 11.4 Å². The number of hydrazine groups is 1. The highest BCUT2D eigenvalue weighted by molar-refractivity contribution is 6.05. The Hall–Kier alpha value is -2.33. The van der Waals surface area contributed by atoms with Crippen molar-refractivity contribution in [2.24, 2.45) is 5.84 Å². The van der Waals surface area contributed by atoms with E-state index in [-0.39, 0.29) is 5.91 Å². The van der Waals surface area contributed by atoms with E-state index in [2.05, 4.69) is 10.7 Å². The summed E-state index contributed by atoms with van der Waals surface area (Å²) in [5.74, 6) is 5.24. The van der Waals surface area contributed by atoms with Crippen molar-refractivity contribution >= 4 is 17.3 Å². The molecule has 0 atom stereocenters. The monoisotopic (exact) mass is 269 g/mol. The van der Waals surface area contributed by atoms with Gasteiger partial charge in [0.25, 0.3) is 5.91 Å². The molecule has 0 fully saturated rings. The number of aryl methyl sites for hydroxylation is 3. The third-order valence-corrected chi connectivity index (χ3v) is 3.28. The van der Waals surface area contributed by atoms with E-state index >= 15 is 0 Å². The van der Waals surface area contributed by atoms with Gasteiger partial charge in [-0.25, -0.2) is 0 Å². The number of carbonyl (C=O) groups is 1. The van der Waals surface area contributed by atoms with Gasteiger partial charge in [0, 0.05) is 16.9 Å². The second kappa shape index (κ2) is 5.75. The van der Waals surface area contributed by atoms with Crippen LogP contribution >= 0.6 is 0 Å². The van der Waals surface area contributed by atoms with Crippen LogP contribution in [0, 0.1) is 20.8 Å². The maximum atomic E-state index is 12.3. The fourth-order valence-electron chi connectivity index (χ4n) is 2.07. The van der Waals surface area contributed by atoms with E-state index in [1.807, 2.05) is 45.0 Å². The summed E-state index contributed by atoms with van der Waals surface area (Å²) in [6.45, 7) is 5.87. The third kappa shape index (κ3) is 2.97. The summed E-state index contributed by atoms with van der Waals surface area (Å²) < 4.78 is 0. The lowest BCUT2D eigenvalue weighted by Crippen LogP contribution is -2.15. The molecule has 2 rings (SSSR count). The Balaban J connectivity index is 2.26. The van der Waals surface area contributed by atoms with Gasteiger partial charge in [-0.3, -0.25) is 10.6 Å². The highest BCUT2D eigenvalue weighted by Crippen LogP contribution is 2.19. The smallest absolute Gasteiger partial charge is 0.255 e. The zero-order valence-corrected chi connectivity index (χ0v) is 11.9. The highest BCUT2D eigenvalue weighted by Gasteiger charge is 2.11. The molecule has 0 aliphatic heterocycles. The van der Waals surface area contributed by atoms with Gasteiger partial charge in [0.15, 0.2) is 0 Å². The molecule has 104 valence electrons. The number of benzene rings is 2. The molecule has 20 heavy (non-hydrogen) atoms. The molecule has 0 heterocycles. The second-order valence-corrected chi connectivity index (χ2v) is 4.95. The van der Waals surface area contributed by atoms with Gasteiger partial charge in [-0.05, 0) is 61.7 Å². The summed E-state index contributed by atoms with van der Waals surface area (Å²) in [7, 11) is 0. The molecule has 0 aliphatic rings. The molecule has 0 aromatic heterocycles. The summed E-state index contributed by atoms with van der Waals surface area (Å²) in [6.07, 6.45) is 0. The molecule has 0 saturated heterocycles. The normalized spacial score (nSPS) is 10.2. The minimum absolute atomic E-state index is 0.111. The number of rotatable bonds is 3. The average Bonchev–Trinajstić information content (AvgIpc) is 2.42. The molecule has 2 aromatic rings. The van der Waals surface area contributed by atoms with Crippen molar-refractivity contribution in [1.29, 1.82) is 0 Å². The van der Waals surface area contributed by atoms with Crippen molar-refractivity contribution in [3.63, 3.8) is 0 Å². The van der Waals surface area contributed by atoms with Crippen molar-refractivity contribution in [2.45, 2.75) is 20.8 Å². The molecular weight excluding hydrogens is 250 g/mol. The highest BCUT2D eigenvalue weighted by atomic mass is 16.1. The van der Waals surface area contributed by atoms with E-state index in [0.717, 1.165) is 28.1 Å². The van der Waals surface area contributed by atoms with Gasteiger partial charge in [-0.1, -0.05) is 12.1 Å². The first-order valence-corrected chi connectivity index (χ1v) is 6.47. The van der Waals surface area contributed by atoms with Gasteiger partial charge in [-0.2, -0.15) is 0 Å². The molecule has 2 aromatic carbocycles. The van der Waals surface area contributed by atoms with E-state index in [4.69, 9.17) is 5.84 Å². The lowest BCUT2D eigenvalue weighted by molar-refractivity contribution is 0.102. The minimum atomic E-state index is -0.111. The summed E-state index contributed by atoms with van der Waals surface area (Å²) in [5.41, 5.74) is 7.88. The maximum Gasteiger partial charge on any atom is 0.255 e. The molecule has 0 radical (unpaired) electrons. The molecule has 0 spiro atoms. The number of nitrogen functional groups attached to an aromatic ring is 1. The first-order valence-electron chi connectivity index (χ1n) is 6.47. The van der Waals surface area contributed by atoms with Crippen LogP contribution in [0.15, 0.2) is 36.4 Å². The molecule has 0 saturated carbocycles. The lowest BCUT2D eigenvalue weighted by Gasteiger charge is -2.11. The predicted octanol–water partition coefficient (Wildman–Crippen LogP) is 3.15. The number of nitrogens with one attached hydrogen (secondary N) is 2. The summed E-state index contributed by atoms with van der Waals surface area (Å²) in [5, 5.41) is 2.96. The minimum Gasteiger partial charge on any atom is -0.324 e. The van der Waals surface area contributed by atoms with E-state index in [0.29, 0.717) is 5.56 Å². The number of carbonyl (C=O) groups excluding carboxylic acids is 1. The third-order valence-electron chi connectivity index (χ3n) is 3.28. The van der Waals surface area contributed by atoms with Crippen molar-refractivity contribution < 1.29 is 4.79 Å². The Kier molecular flexibility index (Phi) is 4.05. The van der Waals surface area contributed by atoms with Gasteiger partial charge in [-0.15, -0.1) is 0 Å². The Labute approximate surface area is 119 Å². The van der Waals surface area contributed by atoms with Crippen LogP contribution in [0.1, 0.15) is 27.0 Å². The van der Waals surface area contributed by atoms with Gasteiger partial charge >= 0.3 is 0 Å². The molecule has 1 amide bonds. The molecule has 4 N–H and O–H groups in total. The van der Waals surface area contributed by atoms with Gasteiger partial charge in [0.1, 0.15) is 0 Å². The average molecular weight is 269 g/mol. The van der Waals surface area contributed by atoms with Crippen molar-refractivity contribution in [2.75, 3.05) is 10.7 Å². The van der Waals surface area contributed by atoms with Crippen molar-refractivity contribution in [1.82, 2.24) is 0 Å². The van der Waals surface area contributed by atoms with Crippen LogP contribution < -0.4 is 16.6 Å². The number of hydrogen-bond acceptors (Lipinski definition) is 3. The predicted molar refractivity (Wildman–Crippen MR) is 82.9 cm³/mol. The van der Waals surface area contributed by atoms with E-state index in [1.54, 1.807) is 12.1 Å². The fraction of sp³-hybridized carbons (Fsp3) is 0.188. The zero-order chi connectivity index (χ0) is 14.7. The SMILES string of the molecule is Cc1ccc(C)c(NC(=O)c2ccc(NN)cc2C)c1. The molecule has 0 bridgehead atoms. The van der Waals surface area contributed by atoms with Crippen LogP contribution in [0.2, 0.25) is 0 Å². The summed E-state index contributed by atoms with van der Waals surface area (Å²) in [6, 6.07) is 11.4. The zero-order valence-electron chi connectivity index (χ0n) is 11.9. The topological polar surface area (TPSA) is 67.2 Å². The Morgan fingerprint density at radius 3 is 2.40 bits per heavy atom. The van der Waals surface area contributed by atoms with Crippen LogP contribution in [-0.4, -0.2) is 5.91 Å². The standard InChI is InChI=1S/C16H19N3O/c1-10-4-5-11(2)15(8-10)18-16(20)14-7-6-13(19-17)9-12(14)3/h4-9,19H,17H2,1-3H3,(H,18,20). The van der Waals surface area contributed by atoms with E-state index < -0.39 is 0 Å².